The van der Waals surface area contributed by atoms with Crippen LogP contribution in [0.1, 0.15) is 11.6 Å². The van der Waals surface area contributed by atoms with Gasteiger partial charge in [0.2, 0.25) is 0 Å². The Balaban J connectivity index is 2.34. The lowest BCUT2D eigenvalue weighted by atomic mass is 9.98. The summed E-state index contributed by atoms with van der Waals surface area (Å²) >= 11 is 3.54. The Morgan fingerprint density at radius 2 is 2.26 bits per heavy atom. The van der Waals surface area contributed by atoms with E-state index in [-0.39, 0.29) is 12.1 Å². The Morgan fingerprint density at radius 3 is 2.84 bits per heavy atom. The highest BCUT2D eigenvalue weighted by Gasteiger charge is 2.30. The zero-order valence-corrected chi connectivity index (χ0v) is 13.2. The maximum atomic E-state index is 5.92. The van der Waals surface area contributed by atoms with E-state index in [0.717, 1.165) is 35.5 Å². The molecule has 1 saturated heterocycles. The summed E-state index contributed by atoms with van der Waals surface area (Å²) < 4.78 is 12.5. The second-order valence-electron chi connectivity index (χ2n) is 4.91. The normalized spacial score (nSPS) is 21.4. The van der Waals surface area contributed by atoms with Crippen LogP contribution in [0.3, 0.4) is 0 Å². The van der Waals surface area contributed by atoms with Gasteiger partial charge < -0.3 is 14.8 Å². The molecule has 4 nitrogen and oxygen atoms in total. The van der Waals surface area contributed by atoms with Gasteiger partial charge in [-0.25, -0.2) is 0 Å². The van der Waals surface area contributed by atoms with Crippen molar-refractivity contribution in [3.05, 3.63) is 28.2 Å². The minimum atomic E-state index is 0.131. The molecule has 106 valence electrons. The van der Waals surface area contributed by atoms with E-state index in [1.807, 2.05) is 12.1 Å². The van der Waals surface area contributed by atoms with E-state index in [4.69, 9.17) is 9.47 Å². The van der Waals surface area contributed by atoms with Crippen molar-refractivity contribution in [2.24, 2.45) is 0 Å². The number of morpholine rings is 1. The molecule has 2 rings (SSSR count). The van der Waals surface area contributed by atoms with Crippen LogP contribution in [0.15, 0.2) is 22.7 Å². The third kappa shape index (κ3) is 3.48. The van der Waals surface area contributed by atoms with Crippen LogP contribution < -0.4 is 10.1 Å². The molecule has 0 amide bonds. The van der Waals surface area contributed by atoms with Crippen LogP contribution in [0.5, 0.6) is 5.75 Å². The van der Waals surface area contributed by atoms with E-state index in [9.17, 15) is 0 Å². The number of ether oxygens (including phenoxy) is 2. The first-order valence-electron chi connectivity index (χ1n) is 6.45. The highest BCUT2D eigenvalue weighted by Crippen LogP contribution is 2.34. The Bertz CT molecular complexity index is 420. The van der Waals surface area contributed by atoms with Crippen molar-refractivity contribution in [2.45, 2.75) is 12.1 Å². The van der Waals surface area contributed by atoms with E-state index in [0.29, 0.717) is 0 Å². The van der Waals surface area contributed by atoms with Crippen LogP contribution in [-0.4, -0.2) is 51.9 Å². The standard InChI is InChI=1S/C14H21BrN2O2/c1-17(2)14(13-9-16-6-7-19-13)11-8-10(15)4-5-12(11)18-3/h4-5,8,13-14,16H,6-7,9H2,1-3H3. The zero-order chi connectivity index (χ0) is 13.8. The van der Waals surface area contributed by atoms with Crippen LogP contribution in [0.25, 0.3) is 0 Å². The van der Waals surface area contributed by atoms with Crippen molar-refractivity contribution in [2.75, 3.05) is 40.9 Å². The van der Waals surface area contributed by atoms with Gasteiger partial charge in [0.1, 0.15) is 5.75 Å². The third-order valence-corrected chi connectivity index (χ3v) is 3.87. The molecule has 1 aromatic carbocycles. The zero-order valence-electron chi connectivity index (χ0n) is 11.6. The molecule has 1 aliphatic heterocycles. The van der Waals surface area contributed by atoms with Gasteiger partial charge in [-0.15, -0.1) is 0 Å². The summed E-state index contributed by atoms with van der Waals surface area (Å²) in [4.78, 5) is 2.18. The number of hydrogen-bond acceptors (Lipinski definition) is 4. The molecule has 0 radical (unpaired) electrons. The van der Waals surface area contributed by atoms with Crippen LogP contribution in [0, 0.1) is 0 Å². The van der Waals surface area contributed by atoms with Gasteiger partial charge in [0.15, 0.2) is 0 Å². The topological polar surface area (TPSA) is 33.7 Å². The Morgan fingerprint density at radius 1 is 1.47 bits per heavy atom. The number of benzene rings is 1. The maximum absolute atomic E-state index is 5.92. The largest absolute Gasteiger partial charge is 0.496 e. The van der Waals surface area contributed by atoms with Crippen molar-refractivity contribution < 1.29 is 9.47 Å². The summed E-state index contributed by atoms with van der Waals surface area (Å²) in [6, 6.07) is 6.27. The fraction of sp³-hybridized carbons (Fsp3) is 0.571. The van der Waals surface area contributed by atoms with Crippen LogP contribution in [-0.2, 0) is 4.74 Å². The SMILES string of the molecule is COc1ccc(Br)cc1C(C1CNCCO1)N(C)C. The number of likely N-dealkylation sites (N-methyl/N-ethyl adjacent to an activating group) is 1. The molecule has 1 fully saturated rings. The summed E-state index contributed by atoms with van der Waals surface area (Å²) in [5, 5.41) is 3.39. The molecule has 1 N–H and O–H groups in total. The predicted molar refractivity (Wildman–Crippen MR) is 79.7 cm³/mol. The van der Waals surface area contributed by atoms with Gasteiger partial charge in [-0.3, -0.25) is 4.90 Å². The molecule has 0 spiro atoms. The Hall–Kier alpha value is -0.620. The minimum Gasteiger partial charge on any atom is -0.496 e. The predicted octanol–water partition coefficient (Wildman–Crippen LogP) is 2.05. The molecule has 0 saturated carbocycles. The van der Waals surface area contributed by atoms with E-state index >= 15 is 0 Å². The molecule has 0 aromatic heterocycles. The number of hydrogen-bond donors (Lipinski definition) is 1. The van der Waals surface area contributed by atoms with Gasteiger partial charge >= 0.3 is 0 Å². The van der Waals surface area contributed by atoms with Crippen molar-refractivity contribution in [3.8, 4) is 5.75 Å². The fourth-order valence-corrected chi connectivity index (χ4v) is 2.91. The lowest BCUT2D eigenvalue weighted by Gasteiger charge is -2.36. The number of rotatable bonds is 4. The monoisotopic (exact) mass is 328 g/mol. The van der Waals surface area contributed by atoms with Gasteiger partial charge in [0, 0.05) is 23.1 Å². The van der Waals surface area contributed by atoms with Crippen molar-refractivity contribution in [1.82, 2.24) is 10.2 Å². The van der Waals surface area contributed by atoms with Crippen molar-refractivity contribution >= 4 is 15.9 Å². The van der Waals surface area contributed by atoms with Crippen LogP contribution >= 0.6 is 15.9 Å². The first kappa shape index (κ1) is 14.8. The average Bonchev–Trinajstić information content (AvgIpc) is 2.40. The van der Waals surface area contributed by atoms with Gasteiger partial charge in [-0.05, 0) is 32.3 Å². The van der Waals surface area contributed by atoms with Gasteiger partial charge in [-0.2, -0.15) is 0 Å². The van der Waals surface area contributed by atoms with E-state index in [2.05, 4.69) is 46.3 Å². The molecule has 1 aliphatic rings. The molecule has 5 heteroatoms. The number of methoxy groups -OCH3 is 1. The number of nitrogens with zero attached hydrogens (tertiary/aromatic N) is 1. The maximum Gasteiger partial charge on any atom is 0.123 e. The van der Waals surface area contributed by atoms with Gasteiger partial charge in [0.25, 0.3) is 0 Å². The Kier molecular flexibility index (Phi) is 5.21. The quantitative estimate of drug-likeness (QED) is 0.917. The number of halogens is 1. The second kappa shape index (κ2) is 6.70. The summed E-state index contributed by atoms with van der Waals surface area (Å²) in [7, 11) is 5.85. The highest BCUT2D eigenvalue weighted by molar-refractivity contribution is 9.10. The fourth-order valence-electron chi connectivity index (χ4n) is 2.54. The molecular formula is C14H21BrN2O2. The van der Waals surface area contributed by atoms with Crippen LogP contribution in [0.4, 0.5) is 0 Å². The summed E-state index contributed by atoms with van der Waals surface area (Å²) in [6.07, 6.45) is 0.131. The highest BCUT2D eigenvalue weighted by atomic mass is 79.9. The lowest BCUT2D eigenvalue weighted by Crippen LogP contribution is -2.45. The molecule has 0 aliphatic carbocycles. The second-order valence-corrected chi connectivity index (χ2v) is 5.82. The van der Waals surface area contributed by atoms with Gasteiger partial charge in [-0.1, -0.05) is 15.9 Å². The van der Waals surface area contributed by atoms with Crippen molar-refractivity contribution in [1.29, 1.82) is 0 Å². The molecule has 2 atom stereocenters. The molecule has 0 bridgehead atoms. The first-order chi connectivity index (χ1) is 9.13. The molecule has 19 heavy (non-hydrogen) atoms. The van der Waals surface area contributed by atoms with Crippen LogP contribution in [0.2, 0.25) is 0 Å². The lowest BCUT2D eigenvalue weighted by molar-refractivity contribution is -0.0217. The summed E-state index contributed by atoms with van der Waals surface area (Å²) in [5.74, 6) is 0.899. The van der Waals surface area contributed by atoms with E-state index in [1.165, 1.54) is 0 Å². The van der Waals surface area contributed by atoms with E-state index in [1.54, 1.807) is 7.11 Å². The minimum absolute atomic E-state index is 0.131. The average molecular weight is 329 g/mol. The first-order valence-corrected chi connectivity index (χ1v) is 7.25. The molecular weight excluding hydrogens is 308 g/mol. The molecule has 1 aromatic rings. The smallest absolute Gasteiger partial charge is 0.123 e. The third-order valence-electron chi connectivity index (χ3n) is 3.38. The Labute approximate surface area is 123 Å². The molecule has 1 heterocycles. The van der Waals surface area contributed by atoms with Crippen molar-refractivity contribution in [3.63, 3.8) is 0 Å². The number of nitrogens with one attached hydrogen (secondary N) is 1. The summed E-state index contributed by atoms with van der Waals surface area (Å²) in [6.45, 7) is 2.54. The van der Waals surface area contributed by atoms with Gasteiger partial charge in [0.05, 0.1) is 25.9 Å². The molecule has 2 unspecified atom stereocenters. The summed E-state index contributed by atoms with van der Waals surface area (Å²) in [5.41, 5.74) is 1.15. The van der Waals surface area contributed by atoms with E-state index < -0.39 is 0 Å².